The Morgan fingerprint density at radius 1 is 1.00 bits per heavy atom. The molecule has 0 saturated carbocycles. The smallest absolute Gasteiger partial charge is 0.161 e. The van der Waals surface area contributed by atoms with Crippen molar-refractivity contribution in [2.24, 2.45) is 0 Å². The Labute approximate surface area is 102 Å². The Balaban J connectivity index is 2.58. The number of benzene rings is 1. The van der Waals surface area contributed by atoms with Crippen LogP contribution in [-0.4, -0.2) is 9.97 Å². The summed E-state index contributed by atoms with van der Waals surface area (Å²) in [4.78, 5) is 8.44. The molecule has 0 unspecified atom stereocenters. The van der Waals surface area contributed by atoms with E-state index < -0.39 is 0 Å². The predicted octanol–water partition coefficient (Wildman–Crippen LogP) is 4.09. The van der Waals surface area contributed by atoms with E-state index >= 15 is 0 Å². The third kappa shape index (κ3) is 1.42. The molecule has 78 valence electrons. The van der Waals surface area contributed by atoms with E-state index in [9.17, 15) is 0 Å². The summed E-state index contributed by atoms with van der Waals surface area (Å²) in [5.74, 6) is 0. The van der Waals surface area contributed by atoms with Crippen LogP contribution >= 0.6 is 23.2 Å². The molecule has 0 fully saturated rings. The fourth-order valence-electron chi connectivity index (χ4n) is 1.77. The highest BCUT2D eigenvalue weighted by molar-refractivity contribution is 6.37. The average molecular weight is 249 g/mol. The maximum absolute atomic E-state index is 6.16. The highest BCUT2D eigenvalue weighted by Gasteiger charge is 2.06. The Bertz CT molecular complexity index is 695. The molecule has 0 spiro atoms. The zero-order valence-corrected chi connectivity index (χ0v) is 9.63. The van der Waals surface area contributed by atoms with Gasteiger partial charge >= 0.3 is 0 Å². The number of pyridine rings is 2. The summed E-state index contributed by atoms with van der Waals surface area (Å²) in [6.07, 6.45) is 3.41. The highest BCUT2D eigenvalue weighted by atomic mass is 35.5. The molecule has 3 rings (SSSR count). The summed E-state index contributed by atoms with van der Waals surface area (Å²) in [7, 11) is 0. The second kappa shape index (κ2) is 3.58. The molecule has 1 aromatic carbocycles. The zero-order chi connectivity index (χ0) is 11.1. The van der Waals surface area contributed by atoms with Crippen LogP contribution in [0, 0.1) is 0 Å². The van der Waals surface area contributed by atoms with Gasteiger partial charge in [0, 0.05) is 28.2 Å². The first kappa shape index (κ1) is 9.82. The van der Waals surface area contributed by atoms with Crippen LogP contribution in [0.1, 0.15) is 0 Å². The van der Waals surface area contributed by atoms with E-state index in [4.69, 9.17) is 23.2 Å². The van der Waals surface area contributed by atoms with Crippen LogP contribution in [0.15, 0.2) is 36.7 Å². The number of hydrogen-bond acceptors (Lipinski definition) is 2. The molecule has 0 aliphatic carbocycles. The van der Waals surface area contributed by atoms with Gasteiger partial charge in [-0.05, 0) is 23.6 Å². The first-order valence-corrected chi connectivity index (χ1v) is 5.50. The van der Waals surface area contributed by atoms with E-state index in [0.29, 0.717) is 15.7 Å². The lowest BCUT2D eigenvalue weighted by Gasteiger charge is -2.04. The maximum Gasteiger partial charge on any atom is 0.161 e. The van der Waals surface area contributed by atoms with Crippen LogP contribution in [0.25, 0.3) is 21.8 Å². The molecule has 2 nitrogen and oxygen atoms in total. The third-order valence-corrected chi connectivity index (χ3v) is 3.04. The molecule has 0 N–H and O–H groups in total. The second-order valence-electron chi connectivity index (χ2n) is 3.48. The van der Waals surface area contributed by atoms with Crippen molar-refractivity contribution in [1.29, 1.82) is 0 Å². The van der Waals surface area contributed by atoms with Gasteiger partial charge in [0.25, 0.3) is 0 Å². The monoisotopic (exact) mass is 248 g/mol. The minimum absolute atomic E-state index is 0.655. The molecule has 2 aromatic heterocycles. The van der Waals surface area contributed by atoms with Crippen LogP contribution in [0.5, 0.6) is 0 Å². The molecular weight excluding hydrogens is 243 g/mol. The van der Waals surface area contributed by atoms with Crippen molar-refractivity contribution in [3.8, 4) is 0 Å². The molecular formula is C12H6Cl2N2. The molecule has 0 radical (unpaired) electrons. The fourth-order valence-corrected chi connectivity index (χ4v) is 2.20. The van der Waals surface area contributed by atoms with Crippen LogP contribution in [0.2, 0.25) is 10.0 Å². The molecule has 16 heavy (non-hydrogen) atoms. The van der Waals surface area contributed by atoms with Crippen LogP contribution < -0.4 is 0 Å². The van der Waals surface area contributed by atoms with E-state index in [0.717, 1.165) is 16.2 Å². The number of nitrogens with zero attached hydrogens (tertiary/aromatic N) is 2. The van der Waals surface area contributed by atoms with Crippen molar-refractivity contribution in [1.82, 2.24) is 9.97 Å². The minimum atomic E-state index is 0.655. The van der Waals surface area contributed by atoms with Crippen molar-refractivity contribution >= 4 is 45.0 Å². The highest BCUT2D eigenvalue weighted by Crippen LogP contribution is 2.29. The van der Waals surface area contributed by atoms with Crippen LogP contribution in [0.4, 0.5) is 0 Å². The van der Waals surface area contributed by atoms with Gasteiger partial charge < -0.3 is 0 Å². The number of hydrogen-bond donors (Lipinski definition) is 0. The van der Waals surface area contributed by atoms with Gasteiger partial charge in [-0.15, -0.1) is 0 Å². The average Bonchev–Trinajstić information content (AvgIpc) is 2.29. The number of rotatable bonds is 0. The van der Waals surface area contributed by atoms with Gasteiger partial charge in [-0.1, -0.05) is 29.3 Å². The van der Waals surface area contributed by atoms with E-state index in [2.05, 4.69) is 9.97 Å². The lowest BCUT2D eigenvalue weighted by atomic mass is 10.1. The molecule has 0 bridgehead atoms. The summed E-state index contributed by atoms with van der Waals surface area (Å²) in [6.45, 7) is 0. The molecule has 0 aliphatic rings. The normalized spacial score (nSPS) is 11.1. The third-order valence-electron chi connectivity index (χ3n) is 2.49. The van der Waals surface area contributed by atoms with Gasteiger partial charge in [0.2, 0.25) is 0 Å². The maximum atomic E-state index is 6.16. The first-order chi connectivity index (χ1) is 7.75. The molecule has 2 heterocycles. The Morgan fingerprint density at radius 2 is 1.88 bits per heavy atom. The summed E-state index contributed by atoms with van der Waals surface area (Å²) in [5.41, 5.74) is 0.655. The van der Waals surface area contributed by atoms with Gasteiger partial charge in [0.15, 0.2) is 5.65 Å². The van der Waals surface area contributed by atoms with E-state index in [1.807, 2.05) is 18.2 Å². The summed E-state index contributed by atoms with van der Waals surface area (Å²) < 4.78 is 0. The van der Waals surface area contributed by atoms with Gasteiger partial charge in [-0.3, -0.25) is 0 Å². The van der Waals surface area contributed by atoms with Crippen molar-refractivity contribution < 1.29 is 0 Å². The van der Waals surface area contributed by atoms with Gasteiger partial charge in [0.1, 0.15) is 0 Å². The lowest BCUT2D eigenvalue weighted by Crippen LogP contribution is -1.86. The molecule has 0 saturated heterocycles. The van der Waals surface area contributed by atoms with Crippen molar-refractivity contribution in [3.05, 3.63) is 46.7 Å². The Morgan fingerprint density at radius 3 is 2.75 bits per heavy atom. The van der Waals surface area contributed by atoms with Crippen molar-refractivity contribution in [2.75, 3.05) is 0 Å². The predicted molar refractivity (Wildman–Crippen MR) is 67.1 cm³/mol. The van der Waals surface area contributed by atoms with Gasteiger partial charge in [0.05, 0.1) is 5.02 Å². The minimum Gasteiger partial charge on any atom is -0.237 e. The standard InChI is InChI=1S/C12H6Cl2N2/c13-8-1-2-9-7(5-8)6-16-12-11(9)10(14)3-4-15-12/h1-6H. The molecule has 0 atom stereocenters. The summed E-state index contributed by atoms with van der Waals surface area (Å²) >= 11 is 12.1. The summed E-state index contributed by atoms with van der Waals surface area (Å²) in [5, 5.41) is 4.21. The fraction of sp³-hybridized carbons (Fsp3) is 0. The van der Waals surface area contributed by atoms with Gasteiger partial charge in [-0.25, -0.2) is 9.97 Å². The zero-order valence-electron chi connectivity index (χ0n) is 8.11. The largest absolute Gasteiger partial charge is 0.237 e. The van der Waals surface area contributed by atoms with Crippen molar-refractivity contribution in [3.63, 3.8) is 0 Å². The SMILES string of the molecule is Clc1ccc2c(cnc3nccc(Cl)c32)c1. The number of fused-ring (bicyclic) bond motifs is 3. The van der Waals surface area contributed by atoms with Crippen LogP contribution in [0.3, 0.4) is 0 Å². The molecule has 3 aromatic rings. The van der Waals surface area contributed by atoms with Crippen molar-refractivity contribution in [2.45, 2.75) is 0 Å². The molecule has 0 aliphatic heterocycles. The first-order valence-electron chi connectivity index (χ1n) is 4.74. The molecule has 4 heteroatoms. The number of halogens is 2. The van der Waals surface area contributed by atoms with E-state index in [1.165, 1.54) is 0 Å². The van der Waals surface area contributed by atoms with E-state index in [-0.39, 0.29) is 0 Å². The topological polar surface area (TPSA) is 25.8 Å². The lowest BCUT2D eigenvalue weighted by molar-refractivity contribution is 1.30. The quantitative estimate of drug-likeness (QED) is 0.561. The van der Waals surface area contributed by atoms with Gasteiger partial charge in [-0.2, -0.15) is 0 Å². The van der Waals surface area contributed by atoms with Crippen LogP contribution in [-0.2, 0) is 0 Å². The second-order valence-corrected chi connectivity index (χ2v) is 4.32. The number of aromatic nitrogens is 2. The Hall–Kier alpha value is -1.38. The van der Waals surface area contributed by atoms with E-state index in [1.54, 1.807) is 18.5 Å². The molecule has 0 amide bonds. The summed E-state index contributed by atoms with van der Waals surface area (Å²) in [6, 6.07) is 7.41. The Kier molecular flexibility index (Phi) is 2.20.